The number of aromatic nitrogens is 1. The number of halogens is 2. The first-order chi connectivity index (χ1) is 11.2. The molecule has 5 heteroatoms. The fraction of sp³-hybridized carbons (Fsp3) is 0.111. The van der Waals surface area contributed by atoms with Crippen LogP contribution in [-0.4, -0.2) is 17.2 Å². The molecule has 1 atom stereocenters. The molecular weight excluding hydrogens is 329 g/mol. The summed E-state index contributed by atoms with van der Waals surface area (Å²) in [5.41, 5.74) is 7.00. The highest BCUT2D eigenvalue weighted by Gasteiger charge is 2.25. The van der Waals surface area contributed by atoms with Crippen molar-refractivity contribution in [1.29, 1.82) is 0 Å². The fourth-order valence-electron chi connectivity index (χ4n) is 2.83. The highest BCUT2D eigenvalue weighted by molar-refractivity contribution is 6.31. The molecule has 2 heterocycles. The van der Waals surface area contributed by atoms with Crippen LogP contribution in [0.1, 0.15) is 17.2 Å². The molecule has 3 nitrogen and oxygen atoms in total. The highest BCUT2D eigenvalue weighted by Crippen LogP contribution is 2.26. The van der Waals surface area contributed by atoms with E-state index in [1.54, 1.807) is 0 Å². The van der Waals surface area contributed by atoms with Gasteiger partial charge < -0.3 is 5.43 Å². The van der Waals surface area contributed by atoms with Gasteiger partial charge >= 0.3 is 0 Å². The molecule has 2 aromatic carbocycles. The Labute approximate surface area is 144 Å². The van der Waals surface area contributed by atoms with Crippen molar-refractivity contribution in [2.45, 2.75) is 5.92 Å². The van der Waals surface area contributed by atoms with E-state index in [9.17, 15) is 0 Å². The molecule has 1 N–H and O–H groups in total. The molecule has 1 aromatic heterocycles. The monoisotopic (exact) mass is 341 g/mol. The van der Waals surface area contributed by atoms with Crippen LogP contribution in [0, 0.1) is 0 Å². The minimum Gasteiger partial charge on any atom is -0.309 e. The lowest BCUT2D eigenvalue weighted by Crippen LogP contribution is -2.16. The Morgan fingerprint density at radius 2 is 1.65 bits per heavy atom. The molecule has 0 aliphatic carbocycles. The summed E-state index contributed by atoms with van der Waals surface area (Å²) in [6, 6.07) is 17.6. The number of hydrogen-bond donors (Lipinski definition) is 1. The first-order valence-electron chi connectivity index (χ1n) is 7.33. The molecule has 4 rings (SSSR count). The number of pyridine rings is 1. The fourth-order valence-corrected chi connectivity index (χ4v) is 3.12. The van der Waals surface area contributed by atoms with Crippen LogP contribution in [0.25, 0.3) is 10.9 Å². The minimum absolute atomic E-state index is 0.111. The van der Waals surface area contributed by atoms with Gasteiger partial charge in [0.1, 0.15) is 0 Å². The van der Waals surface area contributed by atoms with Gasteiger partial charge in [0.2, 0.25) is 0 Å². The Balaban J connectivity index is 1.74. The molecule has 0 saturated heterocycles. The van der Waals surface area contributed by atoms with E-state index < -0.39 is 0 Å². The summed E-state index contributed by atoms with van der Waals surface area (Å²) < 4.78 is 0. The number of fused-ring (bicyclic) bond motifs is 1. The predicted octanol–water partition coefficient (Wildman–Crippen LogP) is 4.63. The molecule has 3 aromatic rings. The molecule has 0 fully saturated rings. The topological polar surface area (TPSA) is 37.3 Å². The maximum atomic E-state index is 6.08. The van der Waals surface area contributed by atoms with Crippen LogP contribution in [0.5, 0.6) is 0 Å². The summed E-state index contributed by atoms with van der Waals surface area (Å²) in [5.74, 6) is 0.111. The second-order valence-corrected chi connectivity index (χ2v) is 6.36. The lowest BCUT2D eigenvalue weighted by Gasteiger charge is -2.12. The van der Waals surface area contributed by atoms with Gasteiger partial charge in [0.15, 0.2) is 0 Å². The summed E-state index contributed by atoms with van der Waals surface area (Å²) in [6.07, 6.45) is 0. The SMILES string of the molecule is Clc1ccc(C2=NNCC2c2ccc3ccc(Cl)cc3n2)cc1. The van der Waals surface area contributed by atoms with Crippen LogP contribution >= 0.6 is 23.2 Å². The first-order valence-corrected chi connectivity index (χ1v) is 8.09. The lowest BCUT2D eigenvalue weighted by atomic mass is 9.94. The van der Waals surface area contributed by atoms with Crippen molar-refractivity contribution < 1.29 is 0 Å². The maximum Gasteiger partial charge on any atom is 0.0784 e. The molecule has 0 amide bonds. The van der Waals surface area contributed by atoms with Gasteiger partial charge in [-0.05, 0) is 35.9 Å². The Bertz CT molecular complexity index is 904. The van der Waals surface area contributed by atoms with Gasteiger partial charge in [-0.3, -0.25) is 4.98 Å². The molecule has 1 aliphatic heterocycles. The van der Waals surface area contributed by atoms with Gasteiger partial charge in [-0.15, -0.1) is 0 Å². The average molecular weight is 342 g/mol. The van der Waals surface area contributed by atoms with E-state index in [0.29, 0.717) is 5.02 Å². The number of nitrogens with one attached hydrogen (secondary N) is 1. The molecule has 114 valence electrons. The third kappa shape index (κ3) is 2.78. The van der Waals surface area contributed by atoms with Crippen molar-refractivity contribution in [3.63, 3.8) is 0 Å². The van der Waals surface area contributed by atoms with Crippen LogP contribution < -0.4 is 5.43 Å². The normalized spacial score (nSPS) is 17.1. The van der Waals surface area contributed by atoms with Crippen LogP contribution in [0.2, 0.25) is 10.0 Å². The lowest BCUT2D eigenvalue weighted by molar-refractivity contribution is 0.752. The summed E-state index contributed by atoms with van der Waals surface area (Å²) in [5, 5.41) is 6.94. The number of hydrazone groups is 1. The molecule has 1 aliphatic rings. The number of nitrogens with zero attached hydrogens (tertiary/aromatic N) is 2. The summed E-state index contributed by atoms with van der Waals surface area (Å²) >= 11 is 12.1. The van der Waals surface area contributed by atoms with Gasteiger partial charge in [-0.1, -0.05) is 47.5 Å². The summed E-state index contributed by atoms with van der Waals surface area (Å²) in [4.78, 5) is 4.78. The standard InChI is InChI=1S/C18H13Cl2N3/c19-13-5-2-12(3-6-13)18-15(10-21-23-18)16-8-4-11-1-7-14(20)9-17(11)22-16/h1-9,15,21H,10H2. The van der Waals surface area contributed by atoms with Gasteiger partial charge in [-0.2, -0.15) is 5.10 Å². The number of hydrogen-bond acceptors (Lipinski definition) is 3. The van der Waals surface area contributed by atoms with E-state index in [2.05, 4.69) is 22.7 Å². The second kappa shape index (κ2) is 5.84. The molecule has 23 heavy (non-hydrogen) atoms. The summed E-state index contributed by atoms with van der Waals surface area (Å²) in [7, 11) is 0. The van der Waals surface area contributed by atoms with Crippen molar-refractivity contribution >= 4 is 39.8 Å². The minimum atomic E-state index is 0.111. The van der Waals surface area contributed by atoms with Crippen molar-refractivity contribution in [3.05, 3.63) is 75.9 Å². The van der Waals surface area contributed by atoms with Gasteiger partial charge in [0, 0.05) is 22.0 Å². The molecule has 0 bridgehead atoms. The smallest absolute Gasteiger partial charge is 0.0784 e. The zero-order valence-electron chi connectivity index (χ0n) is 12.1. The molecule has 0 radical (unpaired) electrons. The average Bonchev–Trinajstić information content (AvgIpc) is 3.04. The van der Waals surface area contributed by atoms with Crippen molar-refractivity contribution in [2.75, 3.05) is 6.54 Å². The number of benzene rings is 2. The molecule has 0 saturated carbocycles. The third-order valence-corrected chi connectivity index (χ3v) is 4.48. The Hall–Kier alpha value is -2.10. The van der Waals surface area contributed by atoms with E-state index in [0.717, 1.165) is 39.4 Å². The largest absolute Gasteiger partial charge is 0.309 e. The van der Waals surface area contributed by atoms with Crippen LogP contribution in [-0.2, 0) is 0 Å². The van der Waals surface area contributed by atoms with Gasteiger partial charge in [0.05, 0.1) is 22.8 Å². The quantitative estimate of drug-likeness (QED) is 0.737. The van der Waals surface area contributed by atoms with Crippen molar-refractivity contribution in [1.82, 2.24) is 10.4 Å². The van der Waals surface area contributed by atoms with Crippen LogP contribution in [0.15, 0.2) is 59.7 Å². The zero-order valence-corrected chi connectivity index (χ0v) is 13.6. The van der Waals surface area contributed by atoms with Crippen molar-refractivity contribution in [3.8, 4) is 0 Å². The Kier molecular flexibility index (Phi) is 3.68. The van der Waals surface area contributed by atoms with Crippen molar-refractivity contribution in [2.24, 2.45) is 5.10 Å². The van der Waals surface area contributed by atoms with E-state index in [1.165, 1.54) is 0 Å². The molecule has 1 unspecified atom stereocenters. The van der Waals surface area contributed by atoms with Crippen LogP contribution in [0.3, 0.4) is 0 Å². The van der Waals surface area contributed by atoms with E-state index in [1.807, 2.05) is 42.5 Å². The number of rotatable bonds is 2. The van der Waals surface area contributed by atoms with Gasteiger partial charge in [0.25, 0.3) is 0 Å². The first kappa shape index (κ1) is 14.5. The van der Waals surface area contributed by atoms with Gasteiger partial charge in [-0.25, -0.2) is 0 Å². The Morgan fingerprint density at radius 3 is 2.48 bits per heavy atom. The maximum absolute atomic E-state index is 6.08. The van der Waals surface area contributed by atoms with E-state index in [4.69, 9.17) is 28.2 Å². The Morgan fingerprint density at radius 1 is 0.913 bits per heavy atom. The van der Waals surface area contributed by atoms with Crippen LogP contribution in [0.4, 0.5) is 0 Å². The third-order valence-electron chi connectivity index (χ3n) is 4.00. The zero-order chi connectivity index (χ0) is 15.8. The molecule has 0 spiro atoms. The second-order valence-electron chi connectivity index (χ2n) is 5.49. The van der Waals surface area contributed by atoms with E-state index >= 15 is 0 Å². The summed E-state index contributed by atoms with van der Waals surface area (Å²) in [6.45, 7) is 0.733. The molecular formula is C18H13Cl2N3. The highest BCUT2D eigenvalue weighted by atomic mass is 35.5. The predicted molar refractivity (Wildman–Crippen MR) is 95.5 cm³/mol. The van der Waals surface area contributed by atoms with E-state index in [-0.39, 0.29) is 5.92 Å².